The Morgan fingerprint density at radius 1 is 0.519 bits per heavy atom. The molecule has 0 saturated carbocycles. The Kier molecular flexibility index (Phi) is 8.16. The van der Waals surface area contributed by atoms with Gasteiger partial charge >= 0.3 is 24.7 Å². The SMILES string of the molecule is FC(F)(F)C(F)(CCCCC(I)CC(F)(C(F)(F)F)C(F)(F)F)C(F)(F)F. The molecule has 0 N–H and O–H groups in total. The quantitative estimate of drug-likeness (QED) is 0.135. The highest BCUT2D eigenvalue weighted by atomic mass is 127. The minimum atomic E-state index is -6.32. The van der Waals surface area contributed by atoms with Gasteiger partial charge in [0.15, 0.2) is 0 Å². The van der Waals surface area contributed by atoms with Crippen molar-refractivity contribution in [1.82, 2.24) is 0 Å². The monoisotopic (exact) mass is 548 g/mol. The molecule has 0 aromatic heterocycles. The molecule has 0 aliphatic heterocycles. The molecule has 0 spiro atoms. The summed E-state index contributed by atoms with van der Waals surface area (Å²) in [5.74, 6) is 0. The summed E-state index contributed by atoms with van der Waals surface area (Å²) in [6, 6.07) is 0. The van der Waals surface area contributed by atoms with E-state index in [-0.39, 0.29) is 0 Å². The Hall–Kier alpha value is -0.250. The number of alkyl halides is 15. The number of unbranched alkanes of at least 4 members (excludes halogenated alkanes) is 1. The lowest BCUT2D eigenvalue weighted by molar-refractivity contribution is -0.344. The van der Waals surface area contributed by atoms with E-state index >= 15 is 0 Å². The van der Waals surface area contributed by atoms with E-state index in [4.69, 9.17) is 0 Å². The molecule has 0 fully saturated rings. The van der Waals surface area contributed by atoms with E-state index < -0.39 is 72.1 Å². The molecule has 0 nitrogen and oxygen atoms in total. The molecule has 0 saturated heterocycles. The maximum absolute atomic E-state index is 13.5. The first-order valence-corrected chi connectivity index (χ1v) is 8.13. The Bertz CT molecular complexity index is 442. The maximum Gasteiger partial charge on any atom is 0.431 e. The van der Waals surface area contributed by atoms with Gasteiger partial charge in [0.05, 0.1) is 0 Å². The molecular weight excluding hydrogens is 537 g/mol. The molecule has 0 amide bonds. The highest BCUT2D eigenvalue weighted by Crippen LogP contribution is 2.51. The first-order chi connectivity index (χ1) is 11.6. The van der Waals surface area contributed by atoms with E-state index in [1.54, 1.807) is 0 Å². The summed E-state index contributed by atoms with van der Waals surface area (Å²) >= 11 is 0.962. The van der Waals surface area contributed by atoms with Crippen LogP contribution in [0.1, 0.15) is 32.1 Å². The Balaban J connectivity index is 4.92. The van der Waals surface area contributed by atoms with E-state index in [1.165, 1.54) is 0 Å². The van der Waals surface area contributed by atoms with Crippen molar-refractivity contribution in [2.75, 3.05) is 0 Å². The van der Waals surface area contributed by atoms with Crippen molar-refractivity contribution in [3.05, 3.63) is 0 Å². The van der Waals surface area contributed by atoms with Gasteiger partial charge in [-0.05, 0) is 19.3 Å². The number of halogens is 15. The average Bonchev–Trinajstić information content (AvgIpc) is 2.38. The Morgan fingerprint density at radius 3 is 1.15 bits per heavy atom. The summed E-state index contributed by atoms with van der Waals surface area (Å²) in [7, 11) is 0. The van der Waals surface area contributed by atoms with Crippen molar-refractivity contribution in [3.8, 4) is 0 Å². The van der Waals surface area contributed by atoms with Crippen LogP contribution in [0.15, 0.2) is 0 Å². The zero-order chi connectivity index (χ0) is 22.1. The lowest BCUT2D eigenvalue weighted by Gasteiger charge is -2.32. The molecule has 0 heterocycles. The molecule has 0 aliphatic carbocycles. The van der Waals surface area contributed by atoms with Crippen molar-refractivity contribution >= 4 is 22.6 Å². The fourth-order valence-electron chi connectivity index (χ4n) is 1.98. The third kappa shape index (κ3) is 6.11. The topological polar surface area (TPSA) is 0 Å². The number of rotatable bonds is 7. The number of hydrogen-bond acceptors (Lipinski definition) is 0. The molecule has 0 radical (unpaired) electrons. The standard InChI is InChI=1S/C12H11F14I/c13-7(9(15,16)17,10(18,19)20)4-2-1-3-6(27)5-8(14,11(21,22)23)12(24,25)26/h6H,1-5H2. The summed E-state index contributed by atoms with van der Waals surface area (Å²) in [6.45, 7) is 0. The first kappa shape index (κ1) is 26.8. The molecule has 15 heteroatoms. The van der Waals surface area contributed by atoms with Gasteiger partial charge in [0, 0.05) is 10.3 Å². The largest absolute Gasteiger partial charge is 0.431 e. The third-order valence-electron chi connectivity index (χ3n) is 3.59. The van der Waals surface area contributed by atoms with E-state index in [0.717, 1.165) is 22.6 Å². The minimum Gasteiger partial charge on any atom is -0.224 e. The fourth-order valence-corrected chi connectivity index (χ4v) is 3.03. The van der Waals surface area contributed by atoms with Crippen molar-refractivity contribution in [2.24, 2.45) is 0 Å². The second-order valence-corrected chi connectivity index (χ2v) is 7.40. The Morgan fingerprint density at radius 2 is 0.852 bits per heavy atom. The molecule has 27 heavy (non-hydrogen) atoms. The molecule has 0 aromatic carbocycles. The van der Waals surface area contributed by atoms with E-state index in [2.05, 4.69) is 0 Å². The average molecular weight is 548 g/mol. The van der Waals surface area contributed by atoms with E-state index in [1.807, 2.05) is 0 Å². The van der Waals surface area contributed by atoms with Crippen LogP contribution in [0.4, 0.5) is 61.5 Å². The van der Waals surface area contributed by atoms with Gasteiger partial charge in [-0.15, -0.1) is 0 Å². The first-order valence-electron chi connectivity index (χ1n) is 6.89. The summed E-state index contributed by atoms with van der Waals surface area (Å²) in [6.07, 6.45) is -32.2. The lowest BCUT2D eigenvalue weighted by atomic mass is 9.93. The van der Waals surface area contributed by atoms with Gasteiger partial charge < -0.3 is 0 Å². The molecule has 0 aromatic rings. The van der Waals surface area contributed by atoms with Crippen LogP contribution in [0.5, 0.6) is 0 Å². The van der Waals surface area contributed by atoms with Crippen molar-refractivity contribution in [1.29, 1.82) is 0 Å². The lowest BCUT2D eigenvalue weighted by Crippen LogP contribution is -2.54. The highest BCUT2D eigenvalue weighted by Gasteiger charge is 2.73. The molecule has 0 aliphatic rings. The zero-order valence-electron chi connectivity index (χ0n) is 12.8. The van der Waals surface area contributed by atoms with Gasteiger partial charge in [-0.25, -0.2) is 8.78 Å². The second kappa shape index (κ2) is 8.24. The van der Waals surface area contributed by atoms with E-state index in [0.29, 0.717) is 0 Å². The van der Waals surface area contributed by atoms with Crippen molar-refractivity contribution in [3.63, 3.8) is 0 Å². The summed E-state index contributed by atoms with van der Waals surface area (Å²) < 4.78 is 173. The molecule has 164 valence electrons. The van der Waals surface area contributed by atoms with Gasteiger partial charge in [0.2, 0.25) is 0 Å². The van der Waals surface area contributed by atoms with E-state index in [9.17, 15) is 61.5 Å². The molecule has 0 rings (SSSR count). The predicted octanol–water partition coefficient (Wildman–Crippen LogP) is 7.41. The van der Waals surface area contributed by atoms with Crippen LogP contribution < -0.4 is 0 Å². The van der Waals surface area contributed by atoms with Gasteiger partial charge in [0.25, 0.3) is 11.3 Å². The van der Waals surface area contributed by atoms with Gasteiger partial charge in [-0.1, -0.05) is 29.0 Å². The van der Waals surface area contributed by atoms with Crippen LogP contribution in [0.2, 0.25) is 0 Å². The second-order valence-electron chi connectivity index (χ2n) is 5.64. The Labute approximate surface area is 156 Å². The zero-order valence-corrected chi connectivity index (χ0v) is 14.9. The molecular formula is C12H11F14I. The van der Waals surface area contributed by atoms with Crippen LogP contribution in [0, 0.1) is 0 Å². The van der Waals surface area contributed by atoms with Gasteiger partial charge in [-0.2, -0.15) is 52.7 Å². The van der Waals surface area contributed by atoms with Crippen LogP contribution in [0.25, 0.3) is 0 Å². The molecule has 1 unspecified atom stereocenters. The highest BCUT2D eigenvalue weighted by molar-refractivity contribution is 14.1. The fraction of sp³-hybridized carbons (Fsp3) is 1.00. The summed E-state index contributed by atoms with van der Waals surface area (Å²) in [5.41, 5.74) is -11.2. The predicted molar refractivity (Wildman–Crippen MR) is 72.8 cm³/mol. The minimum absolute atomic E-state index is 0.781. The molecule has 1 atom stereocenters. The van der Waals surface area contributed by atoms with Crippen LogP contribution in [0.3, 0.4) is 0 Å². The number of hydrogen-bond donors (Lipinski definition) is 0. The smallest absolute Gasteiger partial charge is 0.224 e. The van der Waals surface area contributed by atoms with Crippen LogP contribution in [-0.4, -0.2) is 40.0 Å². The van der Waals surface area contributed by atoms with Gasteiger partial charge in [0.1, 0.15) is 0 Å². The summed E-state index contributed by atoms with van der Waals surface area (Å²) in [5, 5.41) is 0. The third-order valence-corrected chi connectivity index (χ3v) is 4.65. The van der Waals surface area contributed by atoms with Crippen molar-refractivity contribution < 1.29 is 61.5 Å². The molecule has 0 bridgehead atoms. The van der Waals surface area contributed by atoms with Crippen LogP contribution >= 0.6 is 22.6 Å². The normalized spacial score (nSPS) is 16.6. The van der Waals surface area contributed by atoms with Crippen LogP contribution in [-0.2, 0) is 0 Å². The van der Waals surface area contributed by atoms with Gasteiger partial charge in [-0.3, -0.25) is 0 Å². The summed E-state index contributed by atoms with van der Waals surface area (Å²) in [4.78, 5) is 0. The maximum atomic E-state index is 13.5. The van der Waals surface area contributed by atoms with Crippen molar-refractivity contribution in [2.45, 2.75) is 72.1 Å².